The van der Waals surface area contributed by atoms with E-state index in [0.29, 0.717) is 0 Å². The van der Waals surface area contributed by atoms with E-state index in [2.05, 4.69) is 50.2 Å². The van der Waals surface area contributed by atoms with Gasteiger partial charge in [0, 0.05) is 0 Å². The molecule has 0 aromatic carbocycles. The number of hydrogen-bond acceptors (Lipinski definition) is 1. The number of allylic oxidation sites excluding steroid dienone is 4. The molecule has 0 rings (SSSR count). The standard InChI is InChI=1S/C20H39N/c1-4-5-6-7-8-9-10-11-12-13-14-15-16-17-18-19-20-21(2)3/h8-9,11-12H,4-7,10,13-20H2,1-3H3/b9-8+,12-11+. The molecule has 1 nitrogen and oxygen atoms in total. The van der Waals surface area contributed by atoms with Crippen LogP contribution in [0.25, 0.3) is 0 Å². The third-order valence-electron chi connectivity index (χ3n) is 3.81. The molecule has 1 heteroatoms. The summed E-state index contributed by atoms with van der Waals surface area (Å²) < 4.78 is 0. The van der Waals surface area contributed by atoms with Crippen LogP contribution in [0.4, 0.5) is 0 Å². The molecule has 0 spiro atoms. The molecule has 0 heterocycles. The Bertz CT molecular complexity index is 240. The second-order valence-corrected chi connectivity index (χ2v) is 6.39. The van der Waals surface area contributed by atoms with Crippen molar-refractivity contribution in [2.75, 3.05) is 20.6 Å². The van der Waals surface area contributed by atoms with Gasteiger partial charge in [0.25, 0.3) is 0 Å². The van der Waals surface area contributed by atoms with Gasteiger partial charge < -0.3 is 4.90 Å². The van der Waals surface area contributed by atoms with Gasteiger partial charge in [-0.2, -0.15) is 0 Å². The monoisotopic (exact) mass is 293 g/mol. The molecule has 124 valence electrons. The summed E-state index contributed by atoms with van der Waals surface area (Å²) in [5, 5.41) is 0. The van der Waals surface area contributed by atoms with E-state index in [0.717, 1.165) is 6.42 Å². The van der Waals surface area contributed by atoms with Crippen LogP contribution in [-0.2, 0) is 0 Å². The molecule has 0 aliphatic heterocycles. The normalized spacial score (nSPS) is 12.2. The molecule has 0 saturated heterocycles. The lowest BCUT2D eigenvalue weighted by Gasteiger charge is -2.08. The molecule has 0 fully saturated rings. The SMILES string of the molecule is CCCCC/C=C/C/C=C/CCCCCCCCN(C)C. The van der Waals surface area contributed by atoms with Crippen LogP contribution in [0.15, 0.2) is 24.3 Å². The van der Waals surface area contributed by atoms with Crippen molar-refractivity contribution in [2.24, 2.45) is 0 Å². The number of unbranched alkanes of at least 4 members (excludes halogenated alkanes) is 9. The van der Waals surface area contributed by atoms with Gasteiger partial charge >= 0.3 is 0 Å². The minimum absolute atomic E-state index is 1.12. The third-order valence-corrected chi connectivity index (χ3v) is 3.81. The first-order valence-electron chi connectivity index (χ1n) is 9.22. The molecule has 0 unspecified atom stereocenters. The molecule has 0 atom stereocenters. The first-order chi connectivity index (χ1) is 10.3. The Morgan fingerprint density at radius 1 is 0.619 bits per heavy atom. The van der Waals surface area contributed by atoms with Gasteiger partial charge in [0.15, 0.2) is 0 Å². The molecule has 0 aliphatic rings. The minimum atomic E-state index is 1.12. The summed E-state index contributed by atoms with van der Waals surface area (Å²) in [6, 6.07) is 0. The fraction of sp³-hybridized carbons (Fsp3) is 0.800. The van der Waals surface area contributed by atoms with E-state index in [9.17, 15) is 0 Å². The van der Waals surface area contributed by atoms with E-state index in [1.165, 1.54) is 77.2 Å². The molecular weight excluding hydrogens is 254 g/mol. The van der Waals surface area contributed by atoms with Gasteiger partial charge in [0.2, 0.25) is 0 Å². The molecule has 0 radical (unpaired) electrons. The average Bonchev–Trinajstić information content (AvgIpc) is 2.46. The molecule has 21 heavy (non-hydrogen) atoms. The summed E-state index contributed by atoms with van der Waals surface area (Å²) in [5.41, 5.74) is 0. The first kappa shape index (κ1) is 20.4. The second-order valence-electron chi connectivity index (χ2n) is 6.39. The topological polar surface area (TPSA) is 3.24 Å². The molecule has 0 bridgehead atoms. The van der Waals surface area contributed by atoms with Crippen LogP contribution in [0.1, 0.15) is 84.0 Å². The molecule has 0 amide bonds. The number of nitrogens with zero attached hydrogens (tertiary/aromatic N) is 1. The van der Waals surface area contributed by atoms with Crippen molar-refractivity contribution in [2.45, 2.75) is 84.0 Å². The smallest absolute Gasteiger partial charge is 0.00248 e. The third kappa shape index (κ3) is 19.4. The van der Waals surface area contributed by atoms with Gasteiger partial charge in [-0.05, 0) is 59.2 Å². The summed E-state index contributed by atoms with van der Waals surface area (Å²) in [6.45, 7) is 3.50. The van der Waals surface area contributed by atoms with Gasteiger partial charge in [0.05, 0.1) is 0 Å². The molecule has 0 aromatic rings. The maximum absolute atomic E-state index is 2.36. The molecule has 0 aromatic heterocycles. The summed E-state index contributed by atoms with van der Waals surface area (Å²) in [4.78, 5) is 2.28. The van der Waals surface area contributed by atoms with Crippen LogP contribution in [0.5, 0.6) is 0 Å². The second kappa shape index (κ2) is 17.5. The predicted octanol–water partition coefficient (Wildman–Crippen LogP) is 6.36. The van der Waals surface area contributed by atoms with E-state index in [4.69, 9.17) is 0 Å². The molecule has 0 N–H and O–H groups in total. The highest BCUT2D eigenvalue weighted by Crippen LogP contribution is 2.08. The quantitative estimate of drug-likeness (QED) is 0.251. The van der Waals surface area contributed by atoms with Crippen molar-refractivity contribution >= 4 is 0 Å². The Kier molecular flexibility index (Phi) is 17.0. The molecule has 0 saturated carbocycles. The van der Waals surface area contributed by atoms with E-state index >= 15 is 0 Å². The van der Waals surface area contributed by atoms with Crippen molar-refractivity contribution in [3.8, 4) is 0 Å². The molecule has 0 aliphatic carbocycles. The maximum Gasteiger partial charge on any atom is -0.00248 e. The van der Waals surface area contributed by atoms with Crippen molar-refractivity contribution < 1.29 is 0 Å². The van der Waals surface area contributed by atoms with Crippen LogP contribution < -0.4 is 0 Å². The summed E-state index contributed by atoms with van der Waals surface area (Å²) >= 11 is 0. The Balaban J connectivity index is 3.15. The first-order valence-corrected chi connectivity index (χ1v) is 9.22. The van der Waals surface area contributed by atoms with E-state index in [-0.39, 0.29) is 0 Å². The van der Waals surface area contributed by atoms with E-state index in [1.807, 2.05) is 0 Å². The summed E-state index contributed by atoms with van der Waals surface area (Å²) in [6.07, 6.45) is 25.4. The van der Waals surface area contributed by atoms with Crippen molar-refractivity contribution in [3.05, 3.63) is 24.3 Å². The lowest BCUT2D eigenvalue weighted by Crippen LogP contribution is -2.12. The van der Waals surface area contributed by atoms with Crippen molar-refractivity contribution in [3.63, 3.8) is 0 Å². The fourth-order valence-corrected chi connectivity index (χ4v) is 2.42. The predicted molar refractivity (Wildman–Crippen MR) is 97.9 cm³/mol. The maximum atomic E-state index is 2.36. The van der Waals surface area contributed by atoms with Crippen LogP contribution in [0.2, 0.25) is 0 Å². The Morgan fingerprint density at radius 2 is 1.14 bits per heavy atom. The number of rotatable bonds is 15. The molecular formula is C20H39N. The van der Waals surface area contributed by atoms with Crippen LogP contribution in [0, 0.1) is 0 Å². The highest BCUT2D eigenvalue weighted by atomic mass is 15.0. The zero-order chi connectivity index (χ0) is 15.6. The Hall–Kier alpha value is -0.560. The van der Waals surface area contributed by atoms with Gasteiger partial charge in [-0.3, -0.25) is 0 Å². The van der Waals surface area contributed by atoms with Crippen molar-refractivity contribution in [1.82, 2.24) is 4.90 Å². The number of hydrogen-bond donors (Lipinski definition) is 0. The Morgan fingerprint density at radius 3 is 1.71 bits per heavy atom. The highest BCUT2D eigenvalue weighted by molar-refractivity contribution is 4.92. The van der Waals surface area contributed by atoms with Gasteiger partial charge in [-0.15, -0.1) is 0 Å². The zero-order valence-electron chi connectivity index (χ0n) is 14.9. The summed E-state index contributed by atoms with van der Waals surface area (Å²) in [5.74, 6) is 0. The lowest BCUT2D eigenvalue weighted by atomic mass is 10.1. The average molecular weight is 294 g/mol. The fourth-order valence-electron chi connectivity index (χ4n) is 2.42. The highest BCUT2D eigenvalue weighted by Gasteiger charge is 1.92. The van der Waals surface area contributed by atoms with Gasteiger partial charge in [-0.25, -0.2) is 0 Å². The minimum Gasteiger partial charge on any atom is -0.309 e. The Labute approximate surface area is 134 Å². The van der Waals surface area contributed by atoms with Crippen LogP contribution >= 0.6 is 0 Å². The van der Waals surface area contributed by atoms with Crippen LogP contribution in [-0.4, -0.2) is 25.5 Å². The zero-order valence-corrected chi connectivity index (χ0v) is 14.9. The summed E-state index contributed by atoms with van der Waals surface area (Å²) in [7, 11) is 4.32. The van der Waals surface area contributed by atoms with E-state index < -0.39 is 0 Å². The van der Waals surface area contributed by atoms with Crippen molar-refractivity contribution in [1.29, 1.82) is 0 Å². The van der Waals surface area contributed by atoms with Crippen LogP contribution in [0.3, 0.4) is 0 Å². The lowest BCUT2D eigenvalue weighted by molar-refractivity contribution is 0.389. The largest absolute Gasteiger partial charge is 0.309 e. The van der Waals surface area contributed by atoms with Gasteiger partial charge in [-0.1, -0.05) is 69.8 Å². The van der Waals surface area contributed by atoms with Gasteiger partial charge in [0.1, 0.15) is 0 Å². The van der Waals surface area contributed by atoms with E-state index in [1.54, 1.807) is 0 Å².